The van der Waals surface area contributed by atoms with Crippen molar-refractivity contribution in [2.45, 2.75) is 12.5 Å². The van der Waals surface area contributed by atoms with Gasteiger partial charge in [-0.25, -0.2) is 0 Å². The van der Waals surface area contributed by atoms with Crippen molar-refractivity contribution in [1.82, 2.24) is 0 Å². The number of hydrogen-bond donors (Lipinski definition) is 3. The summed E-state index contributed by atoms with van der Waals surface area (Å²) in [5.41, 5.74) is 10.3. The van der Waals surface area contributed by atoms with E-state index in [4.69, 9.17) is 16.6 Å². The third kappa shape index (κ3) is 4.05. The van der Waals surface area contributed by atoms with Gasteiger partial charge in [0.15, 0.2) is 0 Å². The minimum atomic E-state index is -0.985. The lowest BCUT2D eigenvalue weighted by Gasteiger charge is -1.99. The predicted molar refractivity (Wildman–Crippen MR) is 38.4 cm³/mol. The number of carbonyl (C=O) groups is 1. The highest BCUT2D eigenvalue weighted by atomic mass is 16.4. The Morgan fingerprint density at radius 3 is 2.60 bits per heavy atom. The van der Waals surface area contributed by atoms with Crippen molar-refractivity contribution < 1.29 is 9.90 Å². The maximum Gasteiger partial charge on any atom is 0.320 e. The van der Waals surface area contributed by atoms with Gasteiger partial charge < -0.3 is 16.6 Å². The zero-order chi connectivity index (χ0) is 7.98. The summed E-state index contributed by atoms with van der Waals surface area (Å²) in [6.45, 7) is 0.423. The maximum atomic E-state index is 10.1. The van der Waals surface area contributed by atoms with Crippen LogP contribution in [-0.2, 0) is 4.79 Å². The van der Waals surface area contributed by atoms with E-state index in [0.29, 0.717) is 13.0 Å². The van der Waals surface area contributed by atoms with E-state index in [0.717, 1.165) is 0 Å². The molecule has 0 fully saturated rings. The zero-order valence-corrected chi connectivity index (χ0v) is 5.66. The Bertz CT molecular complexity index is 134. The lowest BCUT2D eigenvalue weighted by atomic mass is 10.2. The van der Waals surface area contributed by atoms with Crippen LogP contribution in [-0.4, -0.2) is 23.7 Å². The van der Waals surface area contributed by atoms with Crippen LogP contribution in [0.5, 0.6) is 0 Å². The van der Waals surface area contributed by atoms with Crippen molar-refractivity contribution in [3.05, 3.63) is 12.2 Å². The van der Waals surface area contributed by atoms with Crippen molar-refractivity contribution in [1.29, 1.82) is 0 Å². The third-order valence-corrected chi connectivity index (χ3v) is 1.01. The van der Waals surface area contributed by atoms with E-state index >= 15 is 0 Å². The van der Waals surface area contributed by atoms with E-state index in [1.807, 2.05) is 0 Å². The number of carboxylic acid groups (broad SMARTS) is 1. The van der Waals surface area contributed by atoms with Gasteiger partial charge in [0, 0.05) is 6.54 Å². The van der Waals surface area contributed by atoms with Gasteiger partial charge in [0.25, 0.3) is 0 Å². The summed E-state index contributed by atoms with van der Waals surface area (Å²) in [5.74, 6) is -0.985. The molecule has 0 aromatic carbocycles. The molecule has 0 amide bonds. The van der Waals surface area contributed by atoms with E-state index < -0.39 is 12.0 Å². The van der Waals surface area contributed by atoms with Crippen LogP contribution in [0.2, 0.25) is 0 Å². The zero-order valence-electron chi connectivity index (χ0n) is 5.66. The van der Waals surface area contributed by atoms with Crippen LogP contribution in [0.4, 0.5) is 0 Å². The number of hydrogen-bond acceptors (Lipinski definition) is 3. The number of carboxylic acids is 1. The van der Waals surface area contributed by atoms with Gasteiger partial charge in [-0.15, -0.1) is 0 Å². The molecule has 0 saturated carbocycles. The molecule has 1 atom stereocenters. The molecule has 0 bridgehead atoms. The Balaban J connectivity index is 3.48. The highest BCUT2D eigenvalue weighted by molar-refractivity contribution is 5.73. The normalized spacial score (nSPS) is 13.8. The largest absolute Gasteiger partial charge is 0.480 e. The number of aliphatic carboxylic acids is 1. The molecule has 0 aliphatic rings. The summed E-state index contributed by atoms with van der Waals surface area (Å²) in [6, 6.07) is -0.803. The van der Waals surface area contributed by atoms with Crippen LogP contribution < -0.4 is 11.5 Å². The molecular weight excluding hydrogens is 132 g/mol. The van der Waals surface area contributed by atoms with Gasteiger partial charge >= 0.3 is 5.97 Å². The second kappa shape index (κ2) is 4.96. The Labute approximate surface area is 59.5 Å². The summed E-state index contributed by atoms with van der Waals surface area (Å²) >= 11 is 0. The van der Waals surface area contributed by atoms with Gasteiger partial charge in [0.05, 0.1) is 0 Å². The summed E-state index contributed by atoms with van der Waals surface area (Å²) in [5, 5.41) is 8.29. The van der Waals surface area contributed by atoms with E-state index in [1.165, 1.54) is 0 Å². The minimum Gasteiger partial charge on any atom is -0.480 e. The van der Waals surface area contributed by atoms with Crippen LogP contribution in [0, 0.1) is 0 Å². The highest BCUT2D eigenvalue weighted by Crippen LogP contribution is 1.88. The first-order valence-electron chi connectivity index (χ1n) is 3.02. The number of nitrogens with two attached hydrogens (primary N) is 2. The SMILES string of the molecule is NC/C=C/C[C@H](N)C(=O)O. The van der Waals surface area contributed by atoms with Crippen molar-refractivity contribution in [2.24, 2.45) is 11.5 Å². The molecule has 0 rings (SSSR count). The molecule has 0 unspecified atom stereocenters. The average molecular weight is 144 g/mol. The Morgan fingerprint density at radius 1 is 1.60 bits per heavy atom. The van der Waals surface area contributed by atoms with E-state index in [9.17, 15) is 4.79 Å². The van der Waals surface area contributed by atoms with Crippen LogP contribution in [0.15, 0.2) is 12.2 Å². The van der Waals surface area contributed by atoms with Crippen molar-refractivity contribution in [3.63, 3.8) is 0 Å². The van der Waals surface area contributed by atoms with Crippen molar-refractivity contribution in [2.75, 3.05) is 6.54 Å². The first kappa shape index (κ1) is 9.13. The smallest absolute Gasteiger partial charge is 0.320 e. The van der Waals surface area contributed by atoms with Crippen LogP contribution in [0.1, 0.15) is 6.42 Å². The third-order valence-electron chi connectivity index (χ3n) is 1.01. The van der Waals surface area contributed by atoms with Gasteiger partial charge in [0.1, 0.15) is 6.04 Å². The lowest BCUT2D eigenvalue weighted by molar-refractivity contribution is -0.138. The molecular formula is C6H12N2O2. The molecule has 58 valence electrons. The lowest BCUT2D eigenvalue weighted by Crippen LogP contribution is -2.29. The molecule has 0 aliphatic heterocycles. The average Bonchev–Trinajstić information content (AvgIpc) is 1.88. The van der Waals surface area contributed by atoms with Gasteiger partial charge in [-0.1, -0.05) is 12.2 Å². The van der Waals surface area contributed by atoms with E-state index in [-0.39, 0.29) is 0 Å². The monoisotopic (exact) mass is 144 g/mol. The first-order valence-corrected chi connectivity index (χ1v) is 3.02. The van der Waals surface area contributed by atoms with Crippen LogP contribution >= 0.6 is 0 Å². The standard InChI is InChI=1S/C6H12N2O2/c7-4-2-1-3-5(8)6(9)10/h1-2,5H,3-4,7-8H2,(H,9,10)/b2-1+/t5-/m0/s1. The molecule has 4 nitrogen and oxygen atoms in total. The van der Waals surface area contributed by atoms with Gasteiger partial charge in [-0.05, 0) is 6.42 Å². The molecule has 0 spiro atoms. The van der Waals surface area contributed by atoms with Crippen LogP contribution in [0.25, 0.3) is 0 Å². The van der Waals surface area contributed by atoms with Gasteiger partial charge in [-0.2, -0.15) is 0 Å². The molecule has 0 aliphatic carbocycles. The fourth-order valence-corrected chi connectivity index (χ4v) is 0.440. The topological polar surface area (TPSA) is 89.3 Å². The fourth-order valence-electron chi connectivity index (χ4n) is 0.440. The van der Waals surface area contributed by atoms with E-state index in [1.54, 1.807) is 12.2 Å². The second-order valence-corrected chi connectivity index (χ2v) is 1.89. The molecule has 0 aromatic rings. The second-order valence-electron chi connectivity index (χ2n) is 1.89. The van der Waals surface area contributed by atoms with Gasteiger partial charge in [0.2, 0.25) is 0 Å². The van der Waals surface area contributed by atoms with E-state index in [2.05, 4.69) is 0 Å². The Kier molecular flexibility index (Phi) is 4.53. The Hall–Kier alpha value is -0.870. The molecule has 10 heavy (non-hydrogen) atoms. The fraction of sp³-hybridized carbons (Fsp3) is 0.500. The molecule has 0 radical (unpaired) electrons. The molecule has 5 N–H and O–H groups in total. The predicted octanol–water partition coefficient (Wildman–Crippen LogP) is -0.697. The molecule has 4 heteroatoms. The summed E-state index contributed by atoms with van der Waals surface area (Å²) in [6.07, 6.45) is 3.69. The summed E-state index contributed by atoms with van der Waals surface area (Å²) < 4.78 is 0. The highest BCUT2D eigenvalue weighted by Gasteiger charge is 2.07. The summed E-state index contributed by atoms with van der Waals surface area (Å²) in [4.78, 5) is 10.1. The van der Waals surface area contributed by atoms with Crippen LogP contribution in [0.3, 0.4) is 0 Å². The quantitative estimate of drug-likeness (QED) is 0.455. The van der Waals surface area contributed by atoms with Gasteiger partial charge in [-0.3, -0.25) is 4.79 Å². The minimum absolute atomic E-state index is 0.340. The summed E-state index contributed by atoms with van der Waals surface area (Å²) in [7, 11) is 0. The molecule has 0 aromatic heterocycles. The maximum absolute atomic E-state index is 10.1. The van der Waals surface area contributed by atoms with Crippen molar-refractivity contribution >= 4 is 5.97 Å². The first-order chi connectivity index (χ1) is 4.68. The number of rotatable bonds is 4. The van der Waals surface area contributed by atoms with Crippen molar-refractivity contribution in [3.8, 4) is 0 Å². The molecule has 0 heterocycles. The molecule has 0 saturated heterocycles. The Morgan fingerprint density at radius 2 is 2.20 bits per heavy atom.